The number of nitrogens with zero attached hydrogens (tertiary/aromatic N) is 2. The predicted octanol–water partition coefficient (Wildman–Crippen LogP) is 2.23. The van der Waals surface area contributed by atoms with E-state index in [1.165, 1.54) is 0 Å². The van der Waals surface area contributed by atoms with Gasteiger partial charge in [0.1, 0.15) is 11.6 Å². The van der Waals surface area contributed by atoms with Gasteiger partial charge in [-0.3, -0.25) is 4.55 Å². The molecule has 4 rings (SSSR count). The smallest absolute Gasteiger partial charge is 0.275 e. The zero-order chi connectivity index (χ0) is 16.7. The van der Waals surface area contributed by atoms with E-state index < -0.39 is 15.4 Å². The van der Waals surface area contributed by atoms with Gasteiger partial charge in [0.25, 0.3) is 10.1 Å². The van der Waals surface area contributed by atoms with Crippen LogP contribution in [0.25, 0.3) is 22.1 Å². The average molecular weight is 365 g/mol. The number of H-pyrrole nitrogens is 2. The van der Waals surface area contributed by atoms with Gasteiger partial charge in [-0.15, -0.1) is 0 Å². The molecule has 9 heteroatoms. The fourth-order valence-corrected chi connectivity index (χ4v) is 3.51. The third kappa shape index (κ3) is 3.63. The van der Waals surface area contributed by atoms with Crippen LogP contribution in [-0.2, 0) is 16.5 Å². The van der Waals surface area contributed by atoms with Gasteiger partial charge in [-0.05, 0) is 24.3 Å². The van der Waals surface area contributed by atoms with Crippen molar-refractivity contribution in [2.24, 2.45) is 0 Å². The molecule has 0 saturated heterocycles. The van der Waals surface area contributed by atoms with Gasteiger partial charge in [-0.1, -0.05) is 24.3 Å². The van der Waals surface area contributed by atoms with Crippen molar-refractivity contribution in [1.29, 1.82) is 0 Å². The first-order chi connectivity index (χ1) is 11.5. The third-order valence-corrected chi connectivity index (χ3v) is 5.00. The molecular weight excluding hydrogens is 351 g/mol. The summed E-state index contributed by atoms with van der Waals surface area (Å²) >= 11 is 0. The zero-order valence-electron chi connectivity index (χ0n) is 13.5. The van der Waals surface area contributed by atoms with Crippen LogP contribution >= 0.6 is 0 Å². The molecule has 2 heterocycles. The van der Waals surface area contributed by atoms with Crippen LogP contribution in [0.4, 0.5) is 0 Å². The van der Waals surface area contributed by atoms with Gasteiger partial charge in [0.2, 0.25) is 0 Å². The number of nitrogens with one attached hydrogen (secondary N) is 2. The molecule has 1 atom stereocenters. The quantitative estimate of drug-likeness (QED) is 0.379. The van der Waals surface area contributed by atoms with E-state index in [2.05, 4.69) is 19.9 Å². The Morgan fingerprint density at radius 3 is 2.04 bits per heavy atom. The summed E-state index contributed by atoms with van der Waals surface area (Å²) < 4.78 is 33.4. The molecule has 0 saturated carbocycles. The maximum atomic E-state index is 11.9. The first kappa shape index (κ1) is 18.1. The van der Waals surface area contributed by atoms with Crippen molar-refractivity contribution in [1.82, 2.24) is 19.9 Å². The second-order valence-corrected chi connectivity index (χ2v) is 7.15. The number of rotatable bonds is 4. The van der Waals surface area contributed by atoms with Gasteiger partial charge in [0, 0.05) is 36.0 Å². The number of aromatic nitrogens is 4. The summed E-state index contributed by atoms with van der Waals surface area (Å²) in [5, 5.41) is -1.22. The molecule has 0 aliphatic heterocycles. The Bertz CT molecular complexity index is 1070. The first-order valence-electron chi connectivity index (χ1n) is 7.35. The van der Waals surface area contributed by atoms with Crippen LogP contribution in [0.15, 0.2) is 48.5 Å². The van der Waals surface area contributed by atoms with Crippen LogP contribution in [0.3, 0.4) is 0 Å². The van der Waals surface area contributed by atoms with Crippen molar-refractivity contribution in [2.75, 3.05) is 0 Å². The molecule has 3 N–H and O–H groups in total. The zero-order valence-corrected chi connectivity index (χ0v) is 16.3. The van der Waals surface area contributed by atoms with Crippen molar-refractivity contribution < 1.29 is 13.0 Å². The summed E-state index contributed by atoms with van der Waals surface area (Å²) in [5.74, 6) is 0.665. The van der Waals surface area contributed by atoms with Gasteiger partial charge >= 0.3 is 0 Å². The Labute approximate surface area is 165 Å². The molecule has 1 radical (unpaired) electrons. The minimum Gasteiger partial charge on any atom is -0.342 e. The number of aromatic amines is 2. The normalized spacial score (nSPS) is 13.0. The second-order valence-electron chi connectivity index (χ2n) is 5.55. The fraction of sp³-hybridized carbons (Fsp3) is 0.125. The molecule has 25 heavy (non-hydrogen) atoms. The first-order valence-corrected chi connectivity index (χ1v) is 8.85. The topological polar surface area (TPSA) is 112 Å². The number of imidazole rings is 2. The molecule has 0 spiro atoms. The minimum atomic E-state index is -4.35. The molecule has 0 amide bonds. The van der Waals surface area contributed by atoms with Gasteiger partial charge in [-0.2, -0.15) is 8.42 Å². The van der Waals surface area contributed by atoms with Crippen molar-refractivity contribution in [3.63, 3.8) is 0 Å². The van der Waals surface area contributed by atoms with Crippen LogP contribution in [0.5, 0.6) is 0 Å². The molecule has 0 aliphatic carbocycles. The Balaban J connectivity index is 0.00000182. The Morgan fingerprint density at radius 1 is 0.920 bits per heavy atom. The van der Waals surface area contributed by atoms with Crippen molar-refractivity contribution >= 4 is 61.7 Å². The fourth-order valence-electron chi connectivity index (χ4n) is 2.75. The van der Waals surface area contributed by atoms with Gasteiger partial charge in [0.05, 0.1) is 22.1 Å². The number of hydrogen-bond acceptors (Lipinski definition) is 4. The van der Waals surface area contributed by atoms with E-state index in [-0.39, 0.29) is 41.8 Å². The monoisotopic (exact) mass is 365 g/mol. The second kappa shape index (κ2) is 6.89. The van der Waals surface area contributed by atoms with E-state index in [9.17, 15) is 13.0 Å². The van der Waals surface area contributed by atoms with Gasteiger partial charge < -0.3 is 9.97 Å². The molecule has 2 aromatic carbocycles. The van der Waals surface area contributed by atoms with Crippen molar-refractivity contribution in [3.8, 4) is 0 Å². The van der Waals surface area contributed by atoms with Crippen molar-refractivity contribution in [3.05, 3.63) is 60.2 Å². The summed E-state index contributed by atoms with van der Waals surface area (Å²) in [7, 11) is -4.35. The Hall–Kier alpha value is -1.71. The molecule has 7 nitrogen and oxygen atoms in total. The van der Waals surface area contributed by atoms with Gasteiger partial charge in [-0.25, -0.2) is 9.97 Å². The Kier molecular flexibility index (Phi) is 4.99. The summed E-state index contributed by atoms with van der Waals surface area (Å²) in [6.45, 7) is 0. The average Bonchev–Trinajstić information content (AvgIpc) is 3.14. The van der Waals surface area contributed by atoms with E-state index >= 15 is 0 Å². The van der Waals surface area contributed by atoms with E-state index in [1.807, 2.05) is 36.4 Å². The van der Waals surface area contributed by atoms with Crippen molar-refractivity contribution in [2.45, 2.75) is 11.7 Å². The van der Waals surface area contributed by atoms with Gasteiger partial charge in [0.15, 0.2) is 5.25 Å². The number of para-hydroxylation sites is 4. The maximum Gasteiger partial charge on any atom is 0.275 e. The number of benzene rings is 2. The number of fused-ring (bicyclic) bond motifs is 2. The minimum absolute atomic E-state index is 0. The third-order valence-electron chi connectivity index (χ3n) is 3.89. The SMILES string of the molecule is O=S(=O)(O)C(Cc1nc2ccccc2[nH]1)c1nc2ccccc2[nH]1.[Na]. The van der Waals surface area contributed by atoms with Crippen LogP contribution in [0, 0.1) is 0 Å². The molecule has 0 bridgehead atoms. The Morgan fingerprint density at radius 2 is 1.48 bits per heavy atom. The summed E-state index contributed by atoms with van der Waals surface area (Å²) in [4.78, 5) is 14.7. The molecule has 1 unspecified atom stereocenters. The van der Waals surface area contributed by atoms with E-state index in [4.69, 9.17) is 0 Å². The number of hydrogen-bond donors (Lipinski definition) is 3. The summed E-state index contributed by atoms with van der Waals surface area (Å²) in [5.41, 5.74) is 2.91. The van der Waals surface area contributed by atoms with Crippen LogP contribution in [0.1, 0.15) is 16.9 Å². The predicted molar refractivity (Wildman–Crippen MR) is 95.9 cm³/mol. The maximum absolute atomic E-state index is 11.9. The molecule has 0 fully saturated rings. The molecule has 123 valence electrons. The van der Waals surface area contributed by atoms with E-state index in [0.29, 0.717) is 16.9 Å². The van der Waals surface area contributed by atoms with Crippen LogP contribution < -0.4 is 0 Å². The largest absolute Gasteiger partial charge is 0.342 e. The van der Waals surface area contributed by atoms with Crippen LogP contribution in [-0.4, -0.2) is 62.5 Å². The molecular formula is C16H14N4NaO3S. The standard InChI is InChI=1S/C16H14N4O3S.Na/c21-24(22,23)14(16-19-12-7-3-4-8-13(12)20-16)9-15-17-10-5-1-2-6-11(10)18-15;/h1-8,14H,9H2,(H,17,18)(H,19,20)(H,21,22,23);. The van der Waals surface area contributed by atoms with E-state index in [1.54, 1.807) is 12.1 Å². The van der Waals surface area contributed by atoms with Crippen LogP contribution in [0.2, 0.25) is 0 Å². The summed E-state index contributed by atoms with van der Waals surface area (Å²) in [6.07, 6.45) is -0.00661. The summed E-state index contributed by atoms with van der Waals surface area (Å²) in [6, 6.07) is 14.6. The molecule has 2 aromatic heterocycles. The molecule has 4 aromatic rings. The molecule has 0 aliphatic rings. The van der Waals surface area contributed by atoms with E-state index in [0.717, 1.165) is 11.0 Å².